The molecule has 1 unspecified atom stereocenters. The topological polar surface area (TPSA) is 85.0 Å². The van der Waals surface area contributed by atoms with Crippen molar-refractivity contribution in [3.05, 3.63) is 59.4 Å². The molecule has 28 heavy (non-hydrogen) atoms. The van der Waals surface area contributed by atoms with Gasteiger partial charge in [0.2, 0.25) is 11.7 Å². The van der Waals surface area contributed by atoms with E-state index in [0.29, 0.717) is 36.3 Å². The first kappa shape index (κ1) is 18.3. The molecule has 1 fully saturated rings. The number of hydrogen-bond donors (Lipinski definition) is 0. The summed E-state index contributed by atoms with van der Waals surface area (Å²) in [5.74, 6) is 1.42. The Bertz CT molecular complexity index is 970. The van der Waals surface area contributed by atoms with Crippen LogP contribution < -0.4 is 0 Å². The smallest absolute Gasteiger partial charge is 0.253 e. The normalized spacial score (nSPS) is 16.9. The third-order valence-electron chi connectivity index (χ3n) is 5.28. The highest BCUT2D eigenvalue weighted by atomic mass is 16.5. The maximum Gasteiger partial charge on any atom is 0.253 e. The van der Waals surface area contributed by atoms with Gasteiger partial charge in [-0.15, -0.1) is 0 Å². The lowest BCUT2D eigenvalue weighted by Gasteiger charge is -2.32. The maximum absolute atomic E-state index is 12.9. The second-order valence-corrected chi connectivity index (χ2v) is 7.36. The van der Waals surface area contributed by atoms with Gasteiger partial charge in [0, 0.05) is 37.5 Å². The average Bonchev–Trinajstić information content (AvgIpc) is 3.19. The fourth-order valence-electron chi connectivity index (χ4n) is 3.58. The van der Waals surface area contributed by atoms with Gasteiger partial charge in [0.1, 0.15) is 5.69 Å². The quantitative estimate of drug-likeness (QED) is 0.694. The molecule has 0 spiro atoms. The summed E-state index contributed by atoms with van der Waals surface area (Å²) >= 11 is 0. The number of hydrogen-bond acceptors (Lipinski definition) is 6. The Hall–Kier alpha value is -3.09. The Balaban J connectivity index is 1.42. The van der Waals surface area contributed by atoms with Crippen molar-refractivity contribution in [2.45, 2.75) is 33.1 Å². The molecule has 0 N–H and O–H groups in total. The van der Waals surface area contributed by atoms with Crippen LogP contribution in [0.2, 0.25) is 0 Å². The van der Waals surface area contributed by atoms with Crippen molar-refractivity contribution in [3.8, 4) is 11.5 Å². The number of benzene rings is 1. The molecule has 7 nitrogen and oxygen atoms in total. The maximum atomic E-state index is 12.9. The highest BCUT2D eigenvalue weighted by Crippen LogP contribution is 2.23. The average molecular weight is 377 g/mol. The van der Waals surface area contributed by atoms with E-state index in [-0.39, 0.29) is 5.91 Å². The largest absolute Gasteiger partial charge is 0.339 e. The number of carbonyl (C=O) groups is 1. The Morgan fingerprint density at radius 3 is 2.93 bits per heavy atom. The molecule has 1 saturated heterocycles. The van der Waals surface area contributed by atoms with Crippen molar-refractivity contribution in [2.24, 2.45) is 5.92 Å². The van der Waals surface area contributed by atoms with Crippen LogP contribution in [0.4, 0.5) is 0 Å². The molecule has 3 aromatic rings. The number of carbonyl (C=O) groups excluding carboxylic acids is 1. The molecule has 1 aliphatic rings. The van der Waals surface area contributed by atoms with Gasteiger partial charge in [0.15, 0.2) is 0 Å². The van der Waals surface area contributed by atoms with Crippen LogP contribution in [0.15, 0.2) is 41.3 Å². The van der Waals surface area contributed by atoms with E-state index in [2.05, 4.69) is 27.0 Å². The van der Waals surface area contributed by atoms with Gasteiger partial charge in [0.25, 0.3) is 5.91 Å². The van der Waals surface area contributed by atoms with Gasteiger partial charge >= 0.3 is 0 Å². The summed E-state index contributed by atoms with van der Waals surface area (Å²) in [6.45, 7) is 5.58. The van der Waals surface area contributed by atoms with E-state index < -0.39 is 0 Å². The molecule has 0 aliphatic carbocycles. The number of piperidine rings is 1. The van der Waals surface area contributed by atoms with Gasteiger partial charge in [-0.05, 0) is 55.9 Å². The Morgan fingerprint density at radius 2 is 2.14 bits per heavy atom. The van der Waals surface area contributed by atoms with Crippen molar-refractivity contribution < 1.29 is 9.32 Å². The van der Waals surface area contributed by atoms with E-state index >= 15 is 0 Å². The zero-order chi connectivity index (χ0) is 19.5. The minimum Gasteiger partial charge on any atom is -0.339 e. The zero-order valence-electron chi connectivity index (χ0n) is 16.1. The van der Waals surface area contributed by atoms with Gasteiger partial charge in [-0.25, -0.2) is 4.98 Å². The van der Waals surface area contributed by atoms with Crippen molar-refractivity contribution in [1.82, 2.24) is 25.0 Å². The molecule has 2 aromatic heterocycles. The lowest BCUT2D eigenvalue weighted by Crippen LogP contribution is -2.40. The summed E-state index contributed by atoms with van der Waals surface area (Å²) in [7, 11) is 0. The highest BCUT2D eigenvalue weighted by molar-refractivity contribution is 5.94. The molecule has 144 valence electrons. The van der Waals surface area contributed by atoms with Crippen molar-refractivity contribution in [2.75, 3.05) is 13.1 Å². The molecule has 0 saturated carbocycles. The van der Waals surface area contributed by atoms with Crippen LogP contribution in [0, 0.1) is 19.8 Å². The van der Waals surface area contributed by atoms with Crippen LogP contribution in [0.3, 0.4) is 0 Å². The fraction of sp³-hybridized carbons (Fsp3) is 0.381. The van der Waals surface area contributed by atoms with Gasteiger partial charge in [-0.3, -0.25) is 9.78 Å². The number of likely N-dealkylation sites (tertiary alicyclic amines) is 1. The van der Waals surface area contributed by atoms with Crippen LogP contribution in [0.1, 0.15) is 40.2 Å². The van der Waals surface area contributed by atoms with Gasteiger partial charge < -0.3 is 9.42 Å². The van der Waals surface area contributed by atoms with E-state index in [1.807, 2.05) is 30.0 Å². The number of nitrogens with zero attached hydrogens (tertiary/aromatic N) is 5. The third kappa shape index (κ3) is 3.93. The number of aromatic nitrogens is 4. The van der Waals surface area contributed by atoms with Crippen LogP contribution in [0.5, 0.6) is 0 Å². The summed E-state index contributed by atoms with van der Waals surface area (Å²) in [5, 5.41) is 4.00. The summed E-state index contributed by atoms with van der Waals surface area (Å²) < 4.78 is 5.40. The third-order valence-corrected chi connectivity index (χ3v) is 5.28. The van der Waals surface area contributed by atoms with Crippen LogP contribution in [-0.4, -0.2) is 44.0 Å². The number of amides is 1. The van der Waals surface area contributed by atoms with Crippen LogP contribution in [0.25, 0.3) is 11.5 Å². The van der Waals surface area contributed by atoms with Crippen molar-refractivity contribution in [3.63, 3.8) is 0 Å². The summed E-state index contributed by atoms with van der Waals surface area (Å²) in [5.41, 5.74) is 3.68. The molecular weight excluding hydrogens is 354 g/mol. The van der Waals surface area contributed by atoms with E-state index in [9.17, 15) is 4.79 Å². The molecule has 1 aliphatic heterocycles. The fourth-order valence-corrected chi connectivity index (χ4v) is 3.58. The van der Waals surface area contributed by atoms with Gasteiger partial charge in [0.05, 0.1) is 6.20 Å². The van der Waals surface area contributed by atoms with E-state index in [1.54, 1.807) is 18.6 Å². The second-order valence-electron chi connectivity index (χ2n) is 7.36. The molecule has 1 atom stereocenters. The summed E-state index contributed by atoms with van der Waals surface area (Å²) in [6.07, 6.45) is 7.49. The molecule has 3 heterocycles. The molecule has 0 radical (unpaired) electrons. The van der Waals surface area contributed by atoms with E-state index in [4.69, 9.17) is 4.52 Å². The first-order chi connectivity index (χ1) is 13.6. The first-order valence-corrected chi connectivity index (χ1v) is 9.55. The molecule has 1 amide bonds. The lowest BCUT2D eigenvalue weighted by molar-refractivity contribution is 0.0668. The number of aryl methyl sites for hydroxylation is 2. The standard InChI is InChI=1S/C21H23N5O2/c1-14-5-6-17(10-15(14)2)21(27)26-9-3-4-16(13-26)11-19-24-20(25-28-19)18-12-22-7-8-23-18/h5-8,10,12,16H,3-4,9,11,13H2,1-2H3. The Kier molecular flexibility index (Phi) is 5.14. The SMILES string of the molecule is Cc1ccc(C(=O)N2CCCC(Cc3nc(-c4cnccn4)no3)C2)cc1C. The Morgan fingerprint density at radius 1 is 1.25 bits per heavy atom. The molecule has 4 rings (SSSR count). The van der Waals surface area contributed by atoms with Crippen molar-refractivity contribution >= 4 is 5.91 Å². The van der Waals surface area contributed by atoms with Crippen LogP contribution >= 0.6 is 0 Å². The molecular formula is C21H23N5O2. The summed E-state index contributed by atoms with van der Waals surface area (Å²) in [4.78, 5) is 27.5. The molecule has 7 heteroatoms. The van der Waals surface area contributed by atoms with E-state index in [1.165, 1.54) is 5.56 Å². The summed E-state index contributed by atoms with van der Waals surface area (Å²) in [6, 6.07) is 5.91. The minimum absolute atomic E-state index is 0.0959. The number of rotatable bonds is 4. The second kappa shape index (κ2) is 7.88. The lowest BCUT2D eigenvalue weighted by atomic mass is 9.94. The zero-order valence-corrected chi connectivity index (χ0v) is 16.1. The van der Waals surface area contributed by atoms with Crippen LogP contribution in [-0.2, 0) is 6.42 Å². The van der Waals surface area contributed by atoms with Gasteiger partial charge in [-0.2, -0.15) is 4.98 Å². The molecule has 1 aromatic carbocycles. The van der Waals surface area contributed by atoms with E-state index in [0.717, 1.165) is 30.5 Å². The van der Waals surface area contributed by atoms with Gasteiger partial charge in [-0.1, -0.05) is 11.2 Å². The predicted molar refractivity (Wildman–Crippen MR) is 104 cm³/mol. The predicted octanol–water partition coefficient (Wildman–Crippen LogP) is 3.24. The molecule has 0 bridgehead atoms. The highest BCUT2D eigenvalue weighted by Gasteiger charge is 2.26. The first-order valence-electron chi connectivity index (χ1n) is 9.55. The monoisotopic (exact) mass is 377 g/mol. The Labute approximate surface area is 163 Å². The minimum atomic E-state index is 0.0959. The van der Waals surface area contributed by atoms with Crippen molar-refractivity contribution in [1.29, 1.82) is 0 Å².